The van der Waals surface area contributed by atoms with Crippen LogP contribution in [0.5, 0.6) is 0 Å². The lowest BCUT2D eigenvalue weighted by atomic mass is 9.95. The van der Waals surface area contributed by atoms with Gasteiger partial charge in [-0.1, -0.05) is 23.7 Å². The number of pyridine rings is 1. The molecule has 0 aliphatic heterocycles. The van der Waals surface area contributed by atoms with Crippen LogP contribution >= 0.6 is 11.6 Å². The summed E-state index contributed by atoms with van der Waals surface area (Å²) < 4.78 is 1.69. The molecule has 5 nitrogen and oxygen atoms in total. The van der Waals surface area contributed by atoms with Gasteiger partial charge in [0.15, 0.2) is 5.82 Å². The van der Waals surface area contributed by atoms with E-state index in [-0.39, 0.29) is 5.91 Å². The van der Waals surface area contributed by atoms with E-state index in [1.165, 1.54) is 0 Å². The van der Waals surface area contributed by atoms with Gasteiger partial charge in [0, 0.05) is 30.2 Å². The highest BCUT2D eigenvalue weighted by Gasteiger charge is 2.51. The van der Waals surface area contributed by atoms with Crippen LogP contribution in [0.15, 0.2) is 61.1 Å². The first-order valence-electron chi connectivity index (χ1n) is 8.17. The second-order valence-electron chi connectivity index (χ2n) is 6.25. The molecule has 0 bridgehead atoms. The van der Waals surface area contributed by atoms with E-state index in [0.717, 1.165) is 29.8 Å². The van der Waals surface area contributed by atoms with Crippen LogP contribution in [-0.2, 0) is 16.8 Å². The number of amides is 1. The zero-order valence-electron chi connectivity index (χ0n) is 13.5. The lowest BCUT2D eigenvalue weighted by Crippen LogP contribution is -2.34. The van der Waals surface area contributed by atoms with Gasteiger partial charge in [0.05, 0.1) is 5.41 Å². The second kappa shape index (κ2) is 6.33. The Morgan fingerprint density at radius 3 is 2.80 bits per heavy atom. The third-order valence-electron chi connectivity index (χ3n) is 4.56. The Kier molecular flexibility index (Phi) is 4.01. The van der Waals surface area contributed by atoms with Crippen molar-refractivity contribution in [2.45, 2.75) is 24.8 Å². The standard InChI is InChI=1S/C19H17ClN4O/c20-16-4-1-3-15(12-16)19(6-7-19)18(25)22-13-14-5-9-21-17(11-14)24-10-2-8-23-24/h1-5,8-12H,6-7,13H2,(H,22,25). The van der Waals surface area contributed by atoms with Gasteiger partial charge in [-0.05, 0) is 54.3 Å². The van der Waals surface area contributed by atoms with Crippen molar-refractivity contribution >= 4 is 17.5 Å². The van der Waals surface area contributed by atoms with Crippen molar-refractivity contribution in [1.82, 2.24) is 20.1 Å². The van der Waals surface area contributed by atoms with Crippen molar-refractivity contribution in [2.24, 2.45) is 0 Å². The van der Waals surface area contributed by atoms with E-state index in [1.807, 2.05) is 48.7 Å². The van der Waals surface area contributed by atoms with Crippen molar-refractivity contribution in [3.63, 3.8) is 0 Å². The number of rotatable bonds is 5. The summed E-state index contributed by atoms with van der Waals surface area (Å²) in [7, 11) is 0. The number of carbonyl (C=O) groups is 1. The normalized spacial score (nSPS) is 14.9. The molecule has 0 saturated heterocycles. The van der Waals surface area contributed by atoms with Gasteiger partial charge in [-0.15, -0.1) is 0 Å². The number of benzene rings is 1. The van der Waals surface area contributed by atoms with E-state index in [0.29, 0.717) is 11.6 Å². The van der Waals surface area contributed by atoms with Crippen LogP contribution in [0.2, 0.25) is 5.02 Å². The molecular weight excluding hydrogens is 336 g/mol. The molecule has 0 unspecified atom stereocenters. The topological polar surface area (TPSA) is 59.8 Å². The Morgan fingerprint density at radius 1 is 1.20 bits per heavy atom. The maximum Gasteiger partial charge on any atom is 0.230 e. The molecule has 1 aromatic carbocycles. The molecular formula is C19H17ClN4O. The van der Waals surface area contributed by atoms with Crippen molar-refractivity contribution in [3.8, 4) is 5.82 Å². The first-order chi connectivity index (χ1) is 12.2. The van der Waals surface area contributed by atoms with Gasteiger partial charge in [-0.2, -0.15) is 5.10 Å². The molecule has 3 aromatic rings. The van der Waals surface area contributed by atoms with Crippen LogP contribution in [0.3, 0.4) is 0 Å². The summed E-state index contributed by atoms with van der Waals surface area (Å²) in [5.41, 5.74) is 1.54. The second-order valence-corrected chi connectivity index (χ2v) is 6.68. The smallest absolute Gasteiger partial charge is 0.230 e. The fourth-order valence-corrected chi connectivity index (χ4v) is 3.20. The van der Waals surface area contributed by atoms with Gasteiger partial charge in [-0.3, -0.25) is 4.79 Å². The predicted molar refractivity (Wildman–Crippen MR) is 95.6 cm³/mol. The van der Waals surface area contributed by atoms with Crippen molar-refractivity contribution in [3.05, 3.63) is 77.2 Å². The lowest BCUT2D eigenvalue weighted by molar-refractivity contribution is -0.123. The molecule has 0 radical (unpaired) electrons. The van der Waals surface area contributed by atoms with Gasteiger partial charge >= 0.3 is 0 Å². The number of nitrogens with one attached hydrogen (secondary N) is 1. The maximum atomic E-state index is 12.7. The SMILES string of the molecule is O=C(NCc1ccnc(-n2cccn2)c1)C1(c2cccc(Cl)c2)CC1. The van der Waals surface area contributed by atoms with Crippen LogP contribution < -0.4 is 5.32 Å². The van der Waals surface area contributed by atoms with Crippen LogP contribution in [-0.4, -0.2) is 20.7 Å². The van der Waals surface area contributed by atoms with Gasteiger partial charge < -0.3 is 5.32 Å². The largest absolute Gasteiger partial charge is 0.351 e. The minimum Gasteiger partial charge on any atom is -0.351 e. The van der Waals surface area contributed by atoms with E-state index >= 15 is 0 Å². The minimum absolute atomic E-state index is 0.0484. The highest BCUT2D eigenvalue weighted by Crippen LogP contribution is 2.48. The molecule has 6 heteroatoms. The summed E-state index contributed by atoms with van der Waals surface area (Å²) in [6.45, 7) is 0.456. The molecule has 1 aliphatic carbocycles. The molecule has 0 spiro atoms. The van der Waals surface area contributed by atoms with E-state index in [4.69, 9.17) is 11.6 Å². The Hall–Kier alpha value is -2.66. The summed E-state index contributed by atoms with van der Waals surface area (Å²) in [5, 5.41) is 7.89. The molecule has 2 heterocycles. The van der Waals surface area contributed by atoms with Crippen molar-refractivity contribution in [2.75, 3.05) is 0 Å². The molecule has 1 amide bonds. The molecule has 1 fully saturated rings. The maximum absolute atomic E-state index is 12.7. The van der Waals surface area contributed by atoms with Gasteiger partial charge in [0.2, 0.25) is 5.91 Å². The molecule has 0 atom stereocenters. The number of carbonyl (C=O) groups excluding carboxylic acids is 1. The van der Waals surface area contributed by atoms with Crippen LogP contribution in [0.25, 0.3) is 5.82 Å². The molecule has 1 N–H and O–H groups in total. The van der Waals surface area contributed by atoms with Crippen molar-refractivity contribution < 1.29 is 4.79 Å². The molecule has 4 rings (SSSR count). The lowest BCUT2D eigenvalue weighted by Gasteiger charge is -2.16. The van der Waals surface area contributed by atoms with E-state index < -0.39 is 5.41 Å². The average molecular weight is 353 g/mol. The quantitative estimate of drug-likeness (QED) is 0.766. The highest BCUT2D eigenvalue weighted by atomic mass is 35.5. The summed E-state index contributed by atoms with van der Waals surface area (Å²) in [6, 6.07) is 13.2. The Labute approximate surface area is 150 Å². The third kappa shape index (κ3) is 3.15. The number of halogens is 1. The first kappa shape index (κ1) is 15.8. The van der Waals surface area contributed by atoms with Crippen molar-refractivity contribution in [1.29, 1.82) is 0 Å². The number of hydrogen-bond donors (Lipinski definition) is 1. The Bertz CT molecular complexity index is 903. The summed E-state index contributed by atoms with van der Waals surface area (Å²) in [6.07, 6.45) is 6.98. The van der Waals surface area contributed by atoms with E-state index in [9.17, 15) is 4.79 Å². The monoisotopic (exact) mass is 352 g/mol. The fraction of sp³-hybridized carbons (Fsp3) is 0.211. The molecule has 1 aliphatic rings. The number of nitrogens with zero attached hydrogens (tertiary/aromatic N) is 3. The Balaban J connectivity index is 1.47. The zero-order chi connectivity index (χ0) is 17.3. The number of hydrogen-bond acceptors (Lipinski definition) is 3. The van der Waals surface area contributed by atoms with Gasteiger partial charge in [0.1, 0.15) is 0 Å². The summed E-state index contributed by atoms with van der Waals surface area (Å²) in [5.74, 6) is 0.778. The van der Waals surface area contributed by atoms with E-state index in [2.05, 4.69) is 15.4 Å². The third-order valence-corrected chi connectivity index (χ3v) is 4.80. The molecule has 25 heavy (non-hydrogen) atoms. The first-order valence-corrected chi connectivity index (χ1v) is 8.54. The minimum atomic E-state index is -0.428. The predicted octanol–water partition coefficient (Wildman–Crippen LogP) is 3.27. The zero-order valence-corrected chi connectivity index (χ0v) is 14.3. The average Bonchev–Trinajstić information content (AvgIpc) is 3.27. The van der Waals surface area contributed by atoms with Gasteiger partial charge in [-0.25, -0.2) is 9.67 Å². The molecule has 126 valence electrons. The molecule has 1 saturated carbocycles. The van der Waals surface area contributed by atoms with Crippen LogP contribution in [0.1, 0.15) is 24.0 Å². The van der Waals surface area contributed by atoms with Gasteiger partial charge in [0.25, 0.3) is 0 Å². The van der Waals surface area contributed by atoms with E-state index in [1.54, 1.807) is 17.1 Å². The summed E-state index contributed by atoms with van der Waals surface area (Å²) in [4.78, 5) is 17.0. The van der Waals surface area contributed by atoms with Crippen LogP contribution in [0.4, 0.5) is 0 Å². The number of aromatic nitrogens is 3. The molecule has 2 aromatic heterocycles. The highest BCUT2D eigenvalue weighted by molar-refractivity contribution is 6.30. The summed E-state index contributed by atoms with van der Waals surface area (Å²) >= 11 is 6.08. The Morgan fingerprint density at radius 2 is 2.08 bits per heavy atom. The fourth-order valence-electron chi connectivity index (χ4n) is 3.01. The van der Waals surface area contributed by atoms with Crippen LogP contribution in [0, 0.1) is 0 Å².